The highest BCUT2D eigenvalue weighted by atomic mass is 35.5. The van der Waals surface area contributed by atoms with Gasteiger partial charge in [-0.1, -0.05) is 23.7 Å². The molecule has 1 amide bonds. The molecule has 0 saturated carbocycles. The van der Waals surface area contributed by atoms with E-state index in [1.54, 1.807) is 0 Å². The summed E-state index contributed by atoms with van der Waals surface area (Å²) in [5, 5.41) is 0.650. The van der Waals surface area contributed by atoms with Gasteiger partial charge in [-0.25, -0.2) is 0 Å². The molecule has 0 radical (unpaired) electrons. The molecule has 3 unspecified atom stereocenters. The van der Waals surface area contributed by atoms with Gasteiger partial charge in [0.25, 0.3) is 0 Å². The van der Waals surface area contributed by atoms with Gasteiger partial charge in [-0.05, 0) is 24.6 Å². The molecule has 4 N–H and O–H groups in total. The van der Waals surface area contributed by atoms with E-state index in [0.29, 0.717) is 24.8 Å². The topological polar surface area (TPSA) is 81.6 Å². The average Bonchev–Trinajstić information content (AvgIpc) is 2.39. The molecule has 6 heteroatoms. The second kappa shape index (κ2) is 6.54. The maximum absolute atomic E-state index is 11.6. The first-order chi connectivity index (χ1) is 9.50. The second-order valence-electron chi connectivity index (χ2n) is 5.09. The van der Waals surface area contributed by atoms with Crippen LogP contribution >= 0.6 is 11.6 Å². The number of morpholine rings is 1. The van der Waals surface area contributed by atoms with Gasteiger partial charge >= 0.3 is 0 Å². The van der Waals surface area contributed by atoms with E-state index in [0.717, 1.165) is 5.56 Å². The molecule has 1 aliphatic rings. The second-order valence-corrected chi connectivity index (χ2v) is 5.53. The van der Waals surface area contributed by atoms with Gasteiger partial charge in [-0.15, -0.1) is 0 Å². The lowest BCUT2D eigenvalue weighted by atomic mass is 9.97. The zero-order valence-electron chi connectivity index (χ0n) is 11.5. The summed E-state index contributed by atoms with van der Waals surface area (Å²) in [6.07, 6.45) is 0. The van der Waals surface area contributed by atoms with Gasteiger partial charge in [-0.3, -0.25) is 9.69 Å². The standard InChI is InChI=1S/C14H20ClN3O2/c1-9(16)13(10-3-2-4-11(15)7-10)18-5-6-20-8-12(18)14(17)19/h2-4,7,9,12-13H,5-6,8,16H2,1H3,(H2,17,19). The zero-order chi connectivity index (χ0) is 14.7. The van der Waals surface area contributed by atoms with Gasteiger partial charge in [0.15, 0.2) is 0 Å². The molecule has 0 bridgehead atoms. The van der Waals surface area contributed by atoms with E-state index in [1.165, 1.54) is 0 Å². The zero-order valence-corrected chi connectivity index (χ0v) is 12.2. The number of carbonyl (C=O) groups is 1. The third-order valence-corrected chi connectivity index (χ3v) is 3.78. The van der Waals surface area contributed by atoms with Crippen molar-refractivity contribution in [1.29, 1.82) is 0 Å². The molecule has 5 nitrogen and oxygen atoms in total. The average molecular weight is 298 g/mol. The van der Waals surface area contributed by atoms with Crippen molar-refractivity contribution in [3.8, 4) is 0 Å². The largest absolute Gasteiger partial charge is 0.378 e. The quantitative estimate of drug-likeness (QED) is 0.866. The number of benzene rings is 1. The summed E-state index contributed by atoms with van der Waals surface area (Å²) < 4.78 is 5.35. The van der Waals surface area contributed by atoms with Crippen LogP contribution in [0.15, 0.2) is 24.3 Å². The van der Waals surface area contributed by atoms with Crippen molar-refractivity contribution in [2.75, 3.05) is 19.8 Å². The molecule has 1 aliphatic heterocycles. The minimum atomic E-state index is -0.460. The number of hydrogen-bond donors (Lipinski definition) is 2. The SMILES string of the molecule is CC(N)C(c1cccc(Cl)c1)N1CCOCC1C(N)=O. The molecule has 0 aliphatic carbocycles. The Balaban J connectivity index is 2.34. The predicted octanol–water partition coefficient (Wildman–Crippen LogP) is 0.914. The summed E-state index contributed by atoms with van der Waals surface area (Å²) in [7, 11) is 0. The first kappa shape index (κ1) is 15.3. The van der Waals surface area contributed by atoms with E-state index < -0.39 is 11.9 Å². The number of primary amides is 1. The van der Waals surface area contributed by atoms with Gasteiger partial charge in [-0.2, -0.15) is 0 Å². The third kappa shape index (κ3) is 3.30. The fourth-order valence-electron chi connectivity index (χ4n) is 2.68. The van der Waals surface area contributed by atoms with Gasteiger partial charge in [0.2, 0.25) is 5.91 Å². The van der Waals surface area contributed by atoms with Crippen LogP contribution in [0.5, 0.6) is 0 Å². The van der Waals surface area contributed by atoms with Crippen LogP contribution in [-0.4, -0.2) is 42.6 Å². The number of ether oxygens (including phenoxy) is 1. The van der Waals surface area contributed by atoms with Crippen molar-refractivity contribution in [3.63, 3.8) is 0 Å². The van der Waals surface area contributed by atoms with Crippen LogP contribution in [0.1, 0.15) is 18.5 Å². The van der Waals surface area contributed by atoms with Crippen LogP contribution in [0.2, 0.25) is 5.02 Å². The van der Waals surface area contributed by atoms with Crippen molar-refractivity contribution in [2.24, 2.45) is 11.5 Å². The lowest BCUT2D eigenvalue weighted by Gasteiger charge is -2.41. The van der Waals surface area contributed by atoms with Crippen molar-refractivity contribution in [1.82, 2.24) is 4.90 Å². The fourth-order valence-corrected chi connectivity index (χ4v) is 2.88. The van der Waals surface area contributed by atoms with Gasteiger partial charge in [0.05, 0.1) is 19.3 Å². The number of rotatable bonds is 4. The number of nitrogens with zero attached hydrogens (tertiary/aromatic N) is 1. The molecule has 0 spiro atoms. The molecule has 3 atom stereocenters. The highest BCUT2D eigenvalue weighted by Crippen LogP contribution is 2.28. The lowest BCUT2D eigenvalue weighted by molar-refractivity contribution is -0.131. The molecule has 0 aromatic heterocycles. The normalized spacial score (nSPS) is 23.2. The van der Waals surface area contributed by atoms with E-state index in [1.807, 2.05) is 36.1 Å². The maximum atomic E-state index is 11.6. The Labute approximate surface area is 123 Å². The third-order valence-electron chi connectivity index (χ3n) is 3.54. The molecule has 1 fully saturated rings. The Morgan fingerprint density at radius 2 is 2.30 bits per heavy atom. The van der Waals surface area contributed by atoms with E-state index in [2.05, 4.69) is 0 Å². The van der Waals surface area contributed by atoms with Crippen LogP contribution in [0.4, 0.5) is 0 Å². The number of nitrogens with two attached hydrogens (primary N) is 2. The number of amides is 1. The Bertz CT molecular complexity index is 481. The molecule has 1 aromatic rings. The van der Waals surface area contributed by atoms with Crippen LogP contribution in [0.3, 0.4) is 0 Å². The van der Waals surface area contributed by atoms with Crippen molar-refractivity contribution >= 4 is 17.5 Å². The molecule has 2 rings (SSSR count). The van der Waals surface area contributed by atoms with Crippen molar-refractivity contribution in [2.45, 2.75) is 25.0 Å². The van der Waals surface area contributed by atoms with E-state index in [-0.39, 0.29) is 12.1 Å². The Morgan fingerprint density at radius 1 is 1.55 bits per heavy atom. The van der Waals surface area contributed by atoms with E-state index >= 15 is 0 Å². The Morgan fingerprint density at radius 3 is 2.90 bits per heavy atom. The summed E-state index contributed by atoms with van der Waals surface area (Å²) >= 11 is 6.06. The molecule has 20 heavy (non-hydrogen) atoms. The van der Waals surface area contributed by atoms with Crippen LogP contribution in [0.25, 0.3) is 0 Å². The van der Waals surface area contributed by atoms with E-state index in [4.69, 9.17) is 27.8 Å². The monoisotopic (exact) mass is 297 g/mol. The first-order valence-corrected chi connectivity index (χ1v) is 7.02. The number of hydrogen-bond acceptors (Lipinski definition) is 4. The van der Waals surface area contributed by atoms with Crippen molar-refractivity contribution in [3.05, 3.63) is 34.9 Å². The van der Waals surface area contributed by atoms with Gasteiger partial charge < -0.3 is 16.2 Å². The highest BCUT2D eigenvalue weighted by Gasteiger charge is 2.35. The van der Waals surface area contributed by atoms with E-state index in [9.17, 15) is 4.79 Å². The number of halogens is 1. The van der Waals surface area contributed by atoms with Crippen LogP contribution in [-0.2, 0) is 9.53 Å². The summed E-state index contributed by atoms with van der Waals surface area (Å²) in [5.74, 6) is -0.391. The highest BCUT2D eigenvalue weighted by molar-refractivity contribution is 6.30. The molecule has 1 aromatic carbocycles. The van der Waals surface area contributed by atoms with Gasteiger partial charge in [0.1, 0.15) is 6.04 Å². The fraction of sp³-hybridized carbons (Fsp3) is 0.500. The minimum absolute atomic E-state index is 0.116. The smallest absolute Gasteiger partial charge is 0.237 e. The maximum Gasteiger partial charge on any atom is 0.237 e. The summed E-state index contributed by atoms with van der Waals surface area (Å²) in [6, 6.07) is 6.81. The summed E-state index contributed by atoms with van der Waals surface area (Å²) in [6.45, 7) is 3.40. The van der Waals surface area contributed by atoms with Crippen LogP contribution in [0, 0.1) is 0 Å². The molecule has 1 heterocycles. The lowest BCUT2D eigenvalue weighted by Crippen LogP contribution is -2.56. The predicted molar refractivity (Wildman–Crippen MR) is 78.3 cm³/mol. The minimum Gasteiger partial charge on any atom is -0.378 e. The van der Waals surface area contributed by atoms with Crippen molar-refractivity contribution < 1.29 is 9.53 Å². The Kier molecular flexibility index (Phi) is 4.99. The molecule has 1 saturated heterocycles. The molecular formula is C14H20ClN3O2. The summed E-state index contributed by atoms with van der Waals surface area (Å²) in [5.41, 5.74) is 12.6. The van der Waals surface area contributed by atoms with Crippen LogP contribution < -0.4 is 11.5 Å². The number of carbonyl (C=O) groups excluding carboxylic acids is 1. The van der Waals surface area contributed by atoms with Gasteiger partial charge in [0, 0.05) is 17.6 Å². The summed E-state index contributed by atoms with van der Waals surface area (Å²) in [4.78, 5) is 13.6. The molecular weight excluding hydrogens is 278 g/mol. The molecule has 110 valence electrons. The Hall–Kier alpha value is -1.14. The first-order valence-electron chi connectivity index (χ1n) is 6.64.